The van der Waals surface area contributed by atoms with Crippen LogP contribution in [0.15, 0.2) is 12.4 Å². The van der Waals surface area contributed by atoms with Gasteiger partial charge in [-0.15, -0.1) is 0 Å². The second-order valence-corrected chi connectivity index (χ2v) is 9.17. The van der Waals surface area contributed by atoms with Gasteiger partial charge in [0, 0.05) is 19.3 Å². The highest BCUT2D eigenvalue weighted by molar-refractivity contribution is 7.91. The van der Waals surface area contributed by atoms with Gasteiger partial charge >= 0.3 is 6.03 Å². The minimum Gasteiger partial charge on any atom is -0.323 e. The number of hydrogen-bond donors (Lipinski definition) is 1. The number of carbonyl (C=O) groups excluding carboxylic acids is 1. The average molecular weight is 328 g/mol. The fourth-order valence-electron chi connectivity index (χ4n) is 2.43. The summed E-state index contributed by atoms with van der Waals surface area (Å²) in [5, 5.41) is 7.02. The van der Waals surface area contributed by atoms with E-state index in [1.54, 1.807) is 22.0 Å². The zero-order valence-corrected chi connectivity index (χ0v) is 14.4. The molecule has 1 unspecified atom stereocenters. The van der Waals surface area contributed by atoms with Crippen LogP contribution in [-0.2, 0) is 15.4 Å². The molecule has 0 aromatic carbocycles. The number of urea groups is 1. The molecule has 8 heteroatoms. The molecule has 1 saturated heterocycles. The summed E-state index contributed by atoms with van der Waals surface area (Å²) in [7, 11) is -3.06. The zero-order valence-electron chi connectivity index (χ0n) is 13.5. The van der Waals surface area contributed by atoms with Gasteiger partial charge in [-0.05, 0) is 26.7 Å². The first-order chi connectivity index (χ1) is 10.1. The maximum absolute atomic E-state index is 12.3. The van der Waals surface area contributed by atoms with Gasteiger partial charge in [-0.25, -0.2) is 13.2 Å². The normalized spacial score (nSPS) is 22.2. The number of nitrogens with one attached hydrogen (secondary N) is 1. The molecule has 124 valence electrons. The Labute approximate surface area is 131 Å². The number of anilines is 1. The van der Waals surface area contributed by atoms with Crippen molar-refractivity contribution in [2.75, 3.05) is 29.9 Å². The quantitative estimate of drug-likeness (QED) is 0.847. The van der Waals surface area contributed by atoms with E-state index in [-0.39, 0.29) is 35.5 Å². The second kappa shape index (κ2) is 5.91. The summed E-state index contributed by atoms with van der Waals surface area (Å²) in [6, 6.07) is -0.280. The lowest BCUT2D eigenvalue weighted by Gasteiger charge is -2.22. The molecule has 1 aliphatic rings. The third kappa shape index (κ3) is 4.22. The number of aromatic nitrogens is 2. The summed E-state index contributed by atoms with van der Waals surface area (Å²) in [6.45, 7) is 8.58. The van der Waals surface area contributed by atoms with Crippen molar-refractivity contribution in [2.45, 2.75) is 33.2 Å². The summed E-state index contributed by atoms with van der Waals surface area (Å²) in [5.74, 6) is 0.0978. The van der Waals surface area contributed by atoms with E-state index in [4.69, 9.17) is 0 Å². The van der Waals surface area contributed by atoms with Gasteiger partial charge < -0.3 is 10.2 Å². The van der Waals surface area contributed by atoms with Crippen LogP contribution < -0.4 is 5.32 Å². The van der Waals surface area contributed by atoms with Crippen LogP contribution in [0.5, 0.6) is 0 Å². The van der Waals surface area contributed by atoms with Crippen LogP contribution >= 0.6 is 0 Å². The lowest BCUT2D eigenvalue weighted by atomic mass is 10.1. The van der Waals surface area contributed by atoms with Gasteiger partial charge in [-0.3, -0.25) is 4.68 Å². The largest absolute Gasteiger partial charge is 0.323 e. The molecule has 0 aliphatic carbocycles. The SMILES string of the molecule is CC1CN(C(=O)Nc2cnn(C(C)(C)C)c2)CCS(=O)(=O)C1. The van der Waals surface area contributed by atoms with Crippen molar-refractivity contribution in [3.05, 3.63) is 12.4 Å². The minimum absolute atomic E-state index is 0.0199. The molecule has 0 spiro atoms. The van der Waals surface area contributed by atoms with Gasteiger partial charge in [0.2, 0.25) is 0 Å². The van der Waals surface area contributed by atoms with Crippen LogP contribution in [0.2, 0.25) is 0 Å². The molecule has 0 bridgehead atoms. The van der Waals surface area contributed by atoms with Crippen LogP contribution in [0.4, 0.5) is 10.5 Å². The van der Waals surface area contributed by atoms with Crippen molar-refractivity contribution in [3.63, 3.8) is 0 Å². The highest BCUT2D eigenvalue weighted by Crippen LogP contribution is 2.17. The lowest BCUT2D eigenvalue weighted by Crippen LogP contribution is -2.38. The average Bonchev–Trinajstić information content (AvgIpc) is 2.76. The predicted molar refractivity (Wildman–Crippen MR) is 85.6 cm³/mol. The second-order valence-electron chi connectivity index (χ2n) is 6.94. The Hall–Kier alpha value is -1.57. The van der Waals surface area contributed by atoms with Gasteiger partial charge in [0.05, 0.1) is 28.9 Å². The smallest absolute Gasteiger partial charge is 0.321 e. The molecule has 1 aromatic heterocycles. The van der Waals surface area contributed by atoms with E-state index in [1.807, 2.05) is 27.7 Å². The number of nitrogens with zero attached hydrogens (tertiary/aromatic N) is 3. The highest BCUT2D eigenvalue weighted by atomic mass is 32.2. The maximum atomic E-state index is 12.3. The molecule has 1 atom stereocenters. The van der Waals surface area contributed by atoms with E-state index in [0.717, 1.165) is 0 Å². The molecule has 2 heterocycles. The van der Waals surface area contributed by atoms with Gasteiger partial charge in [-0.2, -0.15) is 5.10 Å². The van der Waals surface area contributed by atoms with Gasteiger partial charge in [0.15, 0.2) is 9.84 Å². The molecule has 7 nitrogen and oxygen atoms in total. The number of sulfone groups is 1. The van der Waals surface area contributed by atoms with Gasteiger partial charge in [0.1, 0.15) is 0 Å². The van der Waals surface area contributed by atoms with Crippen molar-refractivity contribution in [2.24, 2.45) is 5.92 Å². The first kappa shape index (κ1) is 16.8. The van der Waals surface area contributed by atoms with E-state index in [1.165, 1.54) is 0 Å². The lowest BCUT2D eigenvalue weighted by molar-refractivity contribution is 0.210. The van der Waals surface area contributed by atoms with Crippen LogP contribution in [0.25, 0.3) is 0 Å². The van der Waals surface area contributed by atoms with Gasteiger partial charge in [-0.1, -0.05) is 6.92 Å². The Bertz CT molecular complexity index is 645. The van der Waals surface area contributed by atoms with Crippen molar-refractivity contribution < 1.29 is 13.2 Å². The summed E-state index contributed by atoms with van der Waals surface area (Å²) >= 11 is 0. The van der Waals surface area contributed by atoms with E-state index >= 15 is 0 Å². The van der Waals surface area contributed by atoms with Crippen molar-refractivity contribution in [1.29, 1.82) is 0 Å². The van der Waals surface area contributed by atoms with E-state index < -0.39 is 9.84 Å². The first-order valence-corrected chi connectivity index (χ1v) is 9.20. The van der Waals surface area contributed by atoms with E-state index in [0.29, 0.717) is 12.2 Å². The third-order valence-electron chi connectivity index (χ3n) is 3.55. The minimum atomic E-state index is -3.06. The van der Waals surface area contributed by atoms with Crippen molar-refractivity contribution in [3.8, 4) is 0 Å². The number of rotatable bonds is 1. The van der Waals surface area contributed by atoms with Crippen LogP contribution in [0.1, 0.15) is 27.7 Å². The number of carbonyl (C=O) groups is 1. The molecule has 0 saturated carbocycles. The van der Waals surface area contributed by atoms with Crippen LogP contribution in [0, 0.1) is 5.92 Å². The van der Waals surface area contributed by atoms with E-state index in [9.17, 15) is 13.2 Å². The maximum Gasteiger partial charge on any atom is 0.321 e. The van der Waals surface area contributed by atoms with Gasteiger partial charge in [0.25, 0.3) is 0 Å². The molecule has 1 fully saturated rings. The Balaban J connectivity index is 2.04. The first-order valence-electron chi connectivity index (χ1n) is 7.38. The standard InChI is InChI=1S/C14H24N4O3S/c1-11-8-17(5-6-22(20,21)10-11)13(19)16-12-7-15-18(9-12)14(2,3)4/h7,9,11H,5-6,8,10H2,1-4H3,(H,16,19). The summed E-state index contributed by atoms with van der Waals surface area (Å²) in [5.41, 5.74) is 0.452. The molecule has 1 N–H and O–H groups in total. The number of hydrogen-bond acceptors (Lipinski definition) is 4. The molecular formula is C14H24N4O3S. The van der Waals surface area contributed by atoms with Crippen molar-refractivity contribution in [1.82, 2.24) is 14.7 Å². The third-order valence-corrected chi connectivity index (χ3v) is 5.43. The molecule has 0 radical (unpaired) electrons. The van der Waals surface area contributed by atoms with Crippen molar-refractivity contribution >= 4 is 21.6 Å². The Kier molecular flexibility index (Phi) is 4.51. The fraction of sp³-hybridized carbons (Fsp3) is 0.714. The monoisotopic (exact) mass is 328 g/mol. The highest BCUT2D eigenvalue weighted by Gasteiger charge is 2.27. The predicted octanol–water partition coefficient (Wildman–Crippen LogP) is 1.54. The summed E-state index contributed by atoms with van der Waals surface area (Å²) in [4.78, 5) is 13.9. The molecule has 2 rings (SSSR count). The molecule has 1 aliphatic heterocycles. The summed E-state index contributed by atoms with van der Waals surface area (Å²) in [6.07, 6.45) is 3.37. The van der Waals surface area contributed by atoms with Crippen LogP contribution in [-0.4, -0.2) is 53.7 Å². The Morgan fingerprint density at radius 1 is 1.41 bits per heavy atom. The van der Waals surface area contributed by atoms with Crippen LogP contribution in [0.3, 0.4) is 0 Å². The topological polar surface area (TPSA) is 84.3 Å². The van der Waals surface area contributed by atoms with E-state index in [2.05, 4.69) is 10.4 Å². The molecular weight excluding hydrogens is 304 g/mol. The number of amides is 2. The fourth-order valence-corrected chi connectivity index (χ4v) is 4.07. The zero-order chi connectivity index (χ0) is 16.5. The molecule has 22 heavy (non-hydrogen) atoms. The molecule has 2 amide bonds. The Morgan fingerprint density at radius 2 is 2.09 bits per heavy atom. The molecule has 1 aromatic rings. The summed E-state index contributed by atoms with van der Waals surface area (Å²) < 4.78 is 25.3. The Morgan fingerprint density at radius 3 is 2.68 bits per heavy atom.